The summed E-state index contributed by atoms with van der Waals surface area (Å²) in [4.78, 5) is 37.4. The Labute approximate surface area is 185 Å². The number of amides is 3. The number of carbonyl (C=O) groups is 3. The largest absolute Gasteiger partial charge is 0.430 e. The monoisotopic (exact) mass is 480 g/mol. The molecule has 0 saturated carbocycles. The summed E-state index contributed by atoms with van der Waals surface area (Å²) in [6.45, 7) is 0.908. The van der Waals surface area contributed by atoms with E-state index in [9.17, 15) is 40.7 Å². The maximum Gasteiger partial charge on any atom is 0.430 e. The number of hydrogen-bond acceptors (Lipinski definition) is 4. The summed E-state index contributed by atoms with van der Waals surface area (Å²) in [5.74, 6) is -1.72. The van der Waals surface area contributed by atoms with Crippen molar-refractivity contribution < 1.29 is 45.5 Å². The molecule has 0 aromatic heterocycles. The molecule has 1 aromatic carbocycles. The fourth-order valence-electron chi connectivity index (χ4n) is 3.58. The number of ether oxygens (including phenoxy) is 1. The third-order valence-electron chi connectivity index (χ3n) is 5.33. The van der Waals surface area contributed by atoms with Gasteiger partial charge in [-0.1, -0.05) is 25.1 Å². The molecule has 1 aromatic rings. The summed E-state index contributed by atoms with van der Waals surface area (Å²) in [7, 11) is 1.65. The standard InChI is InChI=1S/C21H22F6N2O4/c1-4-14-6-5-13(11-15(14)19(33-3,20(22,23)24)21(25,26)27)12-28(2)16(30)9-10-29-17(31)7-8-18(29)32/h5-8,11H,4,9-10,12H2,1-3H3. The Bertz CT molecular complexity index is 923. The summed E-state index contributed by atoms with van der Waals surface area (Å²) < 4.78 is 86.5. The summed E-state index contributed by atoms with van der Waals surface area (Å²) in [5.41, 5.74) is -5.82. The number of aryl methyl sites for hydroxylation is 1. The van der Waals surface area contributed by atoms with Gasteiger partial charge < -0.3 is 9.64 Å². The number of rotatable bonds is 8. The van der Waals surface area contributed by atoms with Crippen molar-refractivity contribution >= 4 is 17.7 Å². The first-order chi connectivity index (χ1) is 15.2. The van der Waals surface area contributed by atoms with Crippen LogP contribution in [-0.2, 0) is 37.7 Å². The van der Waals surface area contributed by atoms with E-state index in [0.29, 0.717) is 7.11 Å². The molecule has 6 nitrogen and oxygen atoms in total. The minimum atomic E-state index is -5.80. The summed E-state index contributed by atoms with van der Waals surface area (Å²) in [5, 5.41) is 0. The first-order valence-electron chi connectivity index (χ1n) is 9.78. The lowest BCUT2D eigenvalue weighted by molar-refractivity contribution is -0.383. The van der Waals surface area contributed by atoms with Crippen molar-refractivity contribution in [2.24, 2.45) is 0 Å². The van der Waals surface area contributed by atoms with E-state index < -0.39 is 41.2 Å². The van der Waals surface area contributed by atoms with E-state index in [4.69, 9.17) is 0 Å². The molecule has 2 rings (SSSR count). The number of alkyl halides is 6. The highest BCUT2D eigenvalue weighted by molar-refractivity contribution is 6.13. The summed E-state index contributed by atoms with van der Waals surface area (Å²) >= 11 is 0. The third-order valence-corrected chi connectivity index (χ3v) is 5.33. The van der Waals surface area contributed by atoms with Crippen LogP contribution in [-0.4, -0.2) is 60.6 Å². The molecule has 0 unspecified atom stereocenters. The van der Waals surface area contributed by atoms with E-state index in [2.05, 4.69) is 4.74 Å². The first kappa shape index (κ1) is 26.4. The fraction of sp³-hybridized carbons (Fsp3) is 0.476. The van der Waals surface area contributed by atoms with Gasteiger partial charge in [-0.15, -0.1) is 0 Å². The SMILES string of the molecule is CCc1ccc(CN(C)C(=O)CCN2C(=O)C=CC2=O)cc1C(OC)(C(F)(F)F)C(F)(F)F. The summed E-state index contributed by atoms with van der Waals surface area (Å²) in [6, 6.07) is 3.21. The smallest absolute Gasteiger partial charge is 0.357 e. The van der Waals surface area contributed by atoms with Gasteiger partial charge in [-0.2, -0.15) is 26.3 Å². The second kappa shape index (κ2) is 9.54. The molecule has 0 bridgehead atoms. The van der Waals surface area contributed by atoms with Gasteiger partial charge in [-0.05, 0) is 17.5 Å². The predicted octanol–water partition coefficient (Wildman–Crippen LogP) is 3.49. The quantitative estimate of drug-likeness (QED) is 0.422. The minimum Gasteiger partial charge on any atom is -0.357 e. The van der Waals surface area contributed by atoms with Crippen LogP contribution in [0, 0.1) is 0 Å². The van der Waals surface area contributed by atoms with Crippen molar-refractivity contribution in [3.8, 4) is 0 Å². The van der Waals surface area contributed by atoms with E-state index in [1.54, 1.807) is 0 Å². The second-order valence-corrected chi connectivity index (χ2v) is 7.39. The number of nitrogens with zero attached hydrogens (tertiary/aromatic N) is 2. The average Bonchev–Trinajstić information content (AvgIpc) is 3.02. The number of imide groups is 1. The van der Waals surface area contributed by atoms with Gasteiger partial charge >= 0.3 is 12.4 Å². The second-order valence-electron chi connectivity index (χ2n) is 7.39. The molecular formula is C21H22F6N2O4. The molecule has 0 atom stereocenters. The molecule has 1 aliphatic heterocycles. The number of benzene rings is 1. The van der Waals surface area contributed by atoms with Gasteiger partial charge in [0.05, 0.1) is 0 Å². The average molecular weight is 480 g/mol. The predicted molar refractivity (Wildman–Crippen MR) is 104 cm³/mol. The fourth-order valence-corrected chi connectivity index (χ4v) is 3.58. The molecule has 0 N–H and O–H groups in total. The molecule has 33 heavy (non-hydrogen) atoms. The van der Waals surface area contributed by atoms with Gasteiger partial charge in [-0.25, -0.2) is 0 Å². The Morgan fingerprint density at radius 1 is 1.03 bits per heavy atom. The molecule has 1 heterocycles. The lowest BCUT2D eigenvalue weighted by atomic mass is 9.85. The lowest BCUT2D eigenvalue weighted by Crippen LogP contribution is -2.55. The maximum atomic E-state index is 13.7. The molecule has 0 aliphatic carbocycles. The molecule has 1 aliphatic rings. The van der Waals surface area contributed by atoms with Crippen LogP contribution in [0.2, 0.25) is 0 Å². The van der Waals surface area contributed by atoms with E-state index in [0.717, 1.165) is 34.1 Å². The molecule has 3 amide bonds. The van der Waals surface area contributed by atoms with Crippen LogP contribution in [0.15, 0.2) is 30.4 Å². The van der Waals surface area contributed by atoms with Crippen molar-refractivity contribution in [2.75, 3.05) is 20.7 Å². The van der Waals surface area contributed by atoms with Crippen molar-refractivity contribution in [3.05, 3.63) is 47.0 Å². The Morgan fingerprint density at radius 2 is 1.58 bits per heavy atom. The van der Waals surface area contributed by atoms with Crippen molar-refractivity contribution in [3.63, 3.8) is 0 Å². The van der Waals surface area contributed by atoms with Crippen molar-refractivity contribution in [2.45, 2.75) is 44.3 Å². The van der Waals surface area contributed by atoms with Gasteiger partial charge in [0.15, 0.2) is 0 Å². The van der Waals surface area contributed by atoms with Gasteiger partial charge in [0.1, 0.15) is 0 Å². The number of hydrogen-bond donors (Lipinski definition) is 0. The third kappa shape index (κ3) is 5.05. The zero-order valence-electron chi connectivity index (χ0n) is 18.0. The number of carbonyl (C=O) groups excluding carboxylic acids is 3. The normalized spacial score (nSPS) is 14.9. The van der Waals surface area contributed by atoms with E-state index in [-0.39, 0.29) is 37.1 Å². The van der Waals surface area contributed by atoms with E-state index >= 15 is 0 Å². The first-order valence-corrected chi connectivity index (χ1v) is 9.78. The zero-order valence-corrected chi connectivity index (χ0v) is 18.0. The van der Waals surface area contributed by atoms with Gasteiger partial charge in [0.25, 0.3) is 17.4 Å². The van der Waals surface area contributed by atoms with E-state index in [1.807, 2.05) is 0 Å². The van der Waals surface area contributed by atoms with Gasteiger partial charge in [0.2, 0.25) is 5.91 Å². The lowest BCUT2D eigenvalue weighted by Gasteiger charge is -2.37. The Hall–Kier alpha value is -2.89. The molecule has 0 fully saturated rings. The number of halogens is 6. The van der Waals surface area contributed by atoms with Crippen LogP contribution in [0.3, 0.4) is 0 Å². The highest BCUT2D eigenvalue weighted by Gasteiger charge is 2.73. The highest BCUT2D eigenvalue weighted by Crippen LogP contribution is 2.53. The van der Waals surface area contributed by atoms with Crippen LogP contribution < -0.4 is 0 Å². The van der Waals surface area contributed by atoms with E-state index in [1.165, 1.54) is 20.0 Å². The van der Waals surface area contributed by atoms with Crippen LogP contribution in [0.5, 0.6) is 0 Å². The molecule has 12 heteroatoms. The van der Waals surface area contributed by atoms with Crippen LogP contribution in [0.4, 0.5) is 26.3 Å². The van der Waals surface area contributed by atoms with Crippen molar-refractivity contribution in [1.29, 1.82) is 0 Å². The Morgan fingerprint density at radius 3 is 2.03 bits per heavy atom. The highest BCUT2D eigenvalue weighted by atomic mass is 19.4. The summed E-state index contributed by atoms with van der Waals surface area (Å²) in [6.07, 6.45) is -9.87. The number of methoxy groups -OCH3 is 1. The van der Waals surface area contributed by atoms with Gasteiger partial charge in [0, 0.05) is 51.4 Å². The minimum absolute atomic E-state index is 0.0166. The van der Waals surface area contributed by atoms with Crippen LogP contribution in [0.25, 0.3) is 0 Å². The molecule has 0 saturated heterocycles. The Kier molecular flexibility index (Phi) is 7.62. The molecular weight excluding hydrogens is 458 g/mol. The molecule has 182 valence electrons. The Balaban J connectivity index is 2.30. The maximum absolute atomic E-state index is 13.7. The molecule has 0 spiro atoms. The molecule has 0 radical (unpaired) electrons. The van der Waals surface area contributed by atoms with Gasteiger partial charge in [-0.3, -0.25) is 19.3 Å². The van der Waals surface area contributed by atoms with Crippen LogP contribution >= 0.6 is 0 Å². The van der Waals surface area contributed by atoms with Crippen LogP contribution in [0.1, 0.15) is 30.0 Å². The van der Waals surface area contributed by atoms with Crippen molar-refractivity contribution in [1.82, 2.24) is 9.80 Å². The topological polar surface area (TPSA) is 66.9 Å². The zero-order chi connectivity index (χ0) is 25.2.